The fourth-order valence-electron chi connectivity index (χ4n) is 2.71. The molecule has 0 fully saturated rings. The second-order valence-corrected chi connectivity index (χ2v) is 5.37. The van der Waals surface area contributed by atoms with E-state index in [1.54, 1.807) is 0 Å². The van der Waals surface area contributed by atoms with Gasteiger partial charge in [0.25, 0.3) is 0 Å². The Morgan fingerprint density at radius 3 is 1.95 bits per heavy atom. The quantitative estimate of drug-likeness (QED) is 0.467. The molecular formula is C19H18O. The van der Waals surface area contributed by atoms with E-state index in [0.717, 1.165) is 33.5 Å². The van der Waals surface area contributed by atoms with Crippen LogP contribution in [0, 0.1) is 5.92 Å². The van der Waals surface area contributed by atoms with E-state index < -0.39 is 0 Å². The zero-order chi connectivity index (χ0) is 14.1. The topological polar surface area (TPSA) is 17.1 Å². The fourth-order valence-corrected chi connectivity index (χ4v) is 2.71. The first-order valence-corrected chi connectivity index (χ1v) is 7.17. The molecule has 1 heteroatoms. The third-order valence-electron chi connectivity index (χ3n) is 4.08. The number of carbonyl (C=O) groups is 1. The smallest absolute Gasteiger partial charge is 0.166 e. The minimum Gasteiger partial charge on any atom is -0.294 e. The standard InChI is InChI=1S/C19H18O/c1-3-13(2)19(20)18-16-10-6-4-8-14(16)12-15-9-5-7-11-17(15)18/h4-13H,3H2,1-2H3. The monoisotopic (exact) mass is 262 g/mol. The molecule has 0 radical (unpaired) electrons. The minimum atomic E-state index is 0.0595. The number of ketones is 1. The Bertz CT molecular complexity index is 732. The Labute approximate surface area is 119 Å². The van der Waals surface area contributed by atoms with E-state index in [4.69, 9.17) is 0 Å². The molecule has 3 aromatic carbocycles. The predicted octanol–water partition coefficient (Wildman–Crippen LogP) is 5.22. The number of Topliss-reactive ketones (excluding diaryl/α,β-unsaturated/α-hetero) is 1. The molecule has 1 nitrogen and oxygen atoms in total. The first-order valence-electron chi connectivity index (χ1n) is 7.17. The molecule has 0 saturated carbocycles. The summed E-state index contributed by atoms with van der Waals surface area (Å²) in [4.78, 5) is 12.8. The SMILES string of the molecule is CCC(C)C(=O)c1c2ccccc2cc2ccccc12. The molecule has 0 aliphatic rings. The van der Waals surface area contributed by atoms with Gasteiger partial charge in [-0.05, 0) is 34.0 Å². The van der Waals surface area contributed by atoms with Crippen molar-refractivity contribution < 1.29 is 4.79 Å². The van der Waals surface area contributed by atoms with E-state index in [1.807, 2.05) is 31.2 Å². The Balaban J connectivity index is 2.42. The Hall–Kier alpha value is -2.15. The molecule has 0 aliphatic heterocycles. The van der Waals surface area contributed by atoms with Gasteiger partial charge in [0.15, 0.2) is 5.78 Å². The van der Waals surface area contributed by atoms with Crippen LogP contribution in [0.1, 0.15) is 30.6 Å². The average molecular weight is 262 g/mol. The van der Waals surface area contributed by atoms with Crippen LogP contribution in [0.2, 0.25) is 0 Å². The van der Waals surface area contributed by atoms with Crippen LogP contribution in [0.25, 0.3) is 21.5 Å². The van der Waals surface area contributed by atoms with Gasteiger partial charge < -0.3 is 0 Å². The minimum absolute atomic E-state index is 0.0595. The van der Waals surface area contributed by atoms with Gasteiger partial charge >= 0.3 is 0 Å². The lowest BCUT2D eigenvalue weighted by molar-refractivity contribution is 0.0930. The van der Waals surface area contributed by atoms with Crippen LogP contribution in [-0.2, 0) is 0 Å². The highest BCUT2D eigenvalue weighted by atomic mass is 16.1. The molecule has 0 N–H and O–H groups in total. The maximum Gasteiger partial charge on any atom is 0.166 e. The molecule has 0 aliphatic carbocycles. The predicted molar refractivity (Wildman–Crippen MR) is 85.2 cm³/mol. The first kappa shape index (κ1) is 12.9. The van der Waals surface area contributed by atoms with Crippen LogP contribution < -0.4 is 0 Å². The highest BCUT2D eigenvalue weighted by molar-refractivity contribution is 6.19. The maximum absolute atomic E-state index is 12.8. The number of benzene rings is 3. The summed E-state index contributed by atoms with van der Waals surface area (Å²) < 4.78 is 0. The highest BCUT2D eigenvalue weighted by Crippen LogP contribution is 2.30. The summed E-state index contributed by atoms with van der Waals surface area (Å²) in [7, 11) is 0. The Kier molecular flexibility index (Phi) is 3.27. The molecule has 3 aromatic rings. The molecule has 20 heavy (non-hydrogen) atoms. The summed E-state index contributed by atoms with van der Waals surface area (Å²) in [6.07, 6.45) is 0.871. The maximum atomic E-state index is 12.8. The van der Waals surface area contributed by atoms with Crippen LogP contribution in [0.15, 0.2) is 54.6 Å². The zero-order valence-corrected chi connectivity index (χ0v) is 11.9. The van der Waals surface area contributed by atoms with Gasteiger partial charge in [0.1, 0.15) is 0 Å². The molecule has 0 saturated heterocycles. The molecule has 0 spiro atoms. The summed E-state index contributed by atoms with van der Waals surface area (Å²) in [6, 6.07) is 18.5. The number of hydrogen-bond donors (Lipinski definition) is 0. The number of carbonyl (C=O) groups excluding carboxylic acids is 1. The van der Waals surface area contributed by atoms with E-state index in [2.05, 4.69) is 37.3 Å². The van der Waals surface area contributed by atoms with E-state index >= 15 is 0 Å². The lowest BCUT2D eigenvalue weighted by Gasteiger charge is -2.14. The van der Waals surface area contributed by atoms with Gasteiger partial charge in [0, 0.05) is 11.5 Å². The molecular weight excluding hydrogens is 244 g/mol. The van der Waals surface area contributed by atoms with Gasteiger partial charge in [0.2, 0.25) is 0 Å². The van der Waals surface area contributed by atoms with Gasteiger partial charge in [-0.3, -0.25) is 4.79 Å². The third kappa shape index (κ3) is 2.00. The Morgan fingerprint density at radius 2 is 1.45 bits per heavy atom. The van der Waals surface area contributed by atoms with Crippen molar-refractivity contribution in [2.24, 2.45) is 5.92 Å². The molecule has 0 amide bonds. The number of fused-ring (bicyclic) bond motifs is 2. The van der Waals surface area contributed by atoms with Crippen molar-refractivity contribution in [1.82, 2.24) is 0 Å². The van der Waals surface area contributed by atoms with Crippen LogP contribution in [0.3, 0.4) is 0 Å². The second-order valence-electron chi connectivity index (χ2n) is 5.37. The van der Waals surface area contributed by atoms with Gasteiger partial charge in [-0.1, -0.05) is 62.4 Å². The molecule has 100 valence electrons. The molecule has 1 atom stereocenters. The molecule has 0 aromatic heterocycles. The first-order chi connectivity index (χ1) is 9.72. The normalized spacial score (nSPS) is 12.7. The van der Waals surface area contributed by atoms with Gasteiger partial charge in [-0.2, -0.15) is 0 Å². The van der Waals surface area contributed by atoms with Gasteiger partial charge in [-0.25, -0.2) is 0 Å². The van der Waals surface area contributed by atoms with E-state index in [9.17, 15) is 4.79 Å². The summed E-state index contributed by atoms with van der Waals surface area (Å²) in [6.45, 7) is 4.08. The molecule has 1 unspecified atom stereocenters. The van der Waals surface area contributed by atoms with Crippen molar-refractivity contribution in [1.29, 1.82) is 0 Å². The second kappa shape index (κ2) is 5.09. The van der Waals surface area contributed by atoms with Crippen molar-refractivity contribution >= 4 is 27.3 Å². The number of rotatable bonds is 3. The zero-order valence-electron chi connectivity index (χ0n) is 11.9. The summed E-state index contributed by atoms with van der Waals surface area (Å²) >= 11 is 0. The number of hydrogen-bond acceptors (Lipinski definition) is 1. The van der Waals surface area contributed by atoms with Crippen LogP contribution >= 0.6 is 0 Å². The van der Waals surface area contributed by atoms with Crippen molar-refractivity contribution in [2.75, 3.05) is 0 Å². The fraction of sp³-hybridized carbons (Fsp3) is 0.211. The average Bonchev–Trinajstić information content (AvgIpc) is 2.51. The highest BCUT2D eigenvalue weighted by Gasteiger charge is 2.18. The van der Waals surface area contributed by atoms with E-state index in [-0.39, 0.29) is 11.7 Å². The third-order valence-corrected chi connectivity index (χ3v) is 4.08. The van der Waals surface area contributed by atoms with Crippen molar-refractivity contribution in [3.63, 3.8) is 0 Å². The van der Waals surface area contributed by atoms with Crippen LogP contribution in [0.5, 0.6) is 0 Å². The van der Waals surface area contributed by atoms with Crippen molar-refractivity contribution in [3.05, 3.63) is 60.2 Å². The lowest BCUT2D eigenvalue weighted by Crippen LogP contribution is -2.11. The van der Waals surface area contributed by atoms with Crippen molar-refractivity contribution in [3.8, 4) is 0 Å². The largest absolute Gasteiger partial charge is 0.294 e. The summed E-state index contributed by atoms with van der Waals surface area (Å²) in [5.41, 5.74) is 0.882. The molecule has 0 bridgehead atoms. The molecule has 0 heterocycles. The summed E-state index contributed by atoms with van der Waals surface area (Å²) in [5.74, 6) is 0.310. The van der Waals surface area contributed by atoms with E-state index in [0.29, 0.717) is 0 Å². The van der Waals surface area contributed by atoms with Gasteiger partial charge in [0.05, 0.1) is 0 Å². The lowest BCUT2D eigenvalue weighted by atomic mass is 9.89. The Morgan fingerprint density at radius 1 is 0.950 bits per heavy atom. The van der Waals surface area contributed by atoms with Crippen molar-refractivity contribution in [2.45, 2.75) is 20.3 Å². The van der Waals surface area contributed by atoms with Crippen LogP contribution in [-0.4, -0.2) is 5.78 Å². The van der Waals surface area contributed by atoms with E-state index in [1.165, 1.54) is 0 Å². The molecule has 3 rings (SSSR count). The van der Waals surface area contributed by atoms with Crippen LogP contribution in [0.4, 0.5) is 0 Å². The van der Waals surface area contributed by atoms with Gasteiger partial charge in [-0.15, -0.1) is 0 Å². The summed E-state index contributed by atoms with van der Waals surface area (Å²) in [5, 5.41) is 4.41.